The third-order valence-corrected chi connectivity index (χ3v) is 2.44. The molecule has 1 aromatic heterocycles. The van der Waals surface area contributed by atoms with E-state index in [9.17, 15) is 0 Å². The SMILES string of the molecule is COc1ccsc1Br. The average molecular weight is 193 g/mol. The second-order valence-electron chi connectivity index (χ2n) is 1.26. The zero-order chi connectivity index (χ0) is 5.98. The van der Waals surface area contributed by atoms with Crippen molar-refractivity contribution in [1.29, 1.82) is 0 Å². The second-order valence-corrected chi connectivity index (χ2v) is 3.50. The van der Waals surface area contributed by atoms with Gasteiger partial charge < -0.3 is 4.74 Å². The van der Waals surface area contributed by atoms with Crippen molar-refractivity contribution in [3.8, 4) is 5.75 Å². The first-order valence-electron chi connectivity index (χ1n) is 2.11. The van der Waals surface area contributed by atoms with Gasteiger partial charge >= 0.3 is 0 Å². The van der Waals surface area contributed by atoms with Gasteiger partial charge in [-0.15, -0.1) is 11.3 Å². The minimum Gasteiger partial charge on any atom is -0.495 e. The summed E-state index contributed by atoms with van der Waals surface area (Å²) in [6.45, 7) is 0. The molecule has 1 heterocycles. The van der Waals surface area contributed by atoms with Crippen LogP contribution in [0, 0.1) is 0 Å². The summed E-state index contributed by atoms with van der Waals surface area (Å²) in [4.78, 5) is 0. The number of hydrogen-bond acceptors (Lipinski definition) is 2. The van der Waals surface area contributed by atoms with Gasteiger partial charge in [0.05, 0.1) is 7.11 Å². The minimum atomic E-state index is 0.912. The van der Waals surface area contributed by atoms with Crippen LogP contribution in [-0.4, -0.2) is 7.11 Å². The Balaban J connectivity index is 2.92. The van der Waals surface area contributed by atoms with Gasteiger partial charge in [0.1, 0.15) is 9.54 Å². The van der Waals surface area contributed by atoms with Gasteiger partial charge in [-0.2, -0.15) is 0 Å². The Hall–Kier alpha value is -0.0200. The fourth-order valence-electron chi connectivity index (χ4n) is 0.427. The first kappa shape index (κ1) is 6.11. The number of thiophene rings is 1. The summed E-state index contributed by atoms with van der Waals surface area (Å²) in [6.07, 6.45) is 0. The van der Waals surface area contributed by atoms with Gasteiger partial charge in [0.25, 0.3) is 0 Å². The monoisotopic (exact) mass is 192 g/mol. The predicted molar refractivity (Wildman–Crippen MR) is 38.6 cm³/mol. The molecule has 0 saturated heterocycles. The van der Waals surface area contributed by atoms with Gasteiger partial charge in [0, 0.05) is 0 Å². The largest absolute Gasteiger partial charge is 0.495 e. The number of rotatable bonds is 1. The smallest absolute Gasteiger partial charge is 0.143 e. The quantitative estimate of drug-likeness (QED) is 0.665. The van der Waals surface area contributed by atoms with E-state index in [-0.39, 0.29) is 0 Å². The molecule has 0 unspecified atom stereocenters. The fraction of sp³-hybridized carbons (Fsp3) is 0.200. The van der Waals surface area contributed by atoms with Crippen LogP contribution >= 0.6 is 27.3 Å². The molecule has 0 spiro atoms. The number of ether oxygens (including phenoxy) is 1. The lowest BCUT2D eigenvalue weighted by Crippen LogP contribution is -1.76. The number of halogens is 1. The molecule has 1 rings (SSSR count). The zero-order valence-electron chi connectivity index (χ0n) is 4.35. The van der Waals surface area contributed by atoms with Crippen LogP contribution in [0.25, 0.3) is 0 Å². The first-order valence-corrected chi connectivity index (χ1v) is 3.79. The second kappa shape index (κ2) is 2.51. The maximum absolute atomic E-state index is 4.95. The Morgan fingerprint density at radius 1 is 1.75 bits per heavy atom. The summed E-state index contributed by atoms with van der Waals surface area (Å²) in [7, 11) is 1.66. The molecule has 0 radical (unpaired) electrons. The van der Waals surface area contributed by atoms with E-state index in [1.807, 2.05) is 11.4 Å². The standard InChI is InChI=1S/C5H5BrOS/c1-7-4-2-3-8-5(4)6/h2-3H,1H3. The molecular formula is C5H5BrOS. The third kappa shape index (κ3) is 1.03. The topological polar surface area (TPSA) is 9.23 Å². The predicted octanol–water partition coefficient (Wildman–Crippen LogP) is 2.52. The molecule has 0 aromatic carbocycles. The summed E-state index contributed by atoms with van der Waals surface area (Å²) in [5, 5.41) is 1.98. The highest BCUT2D eigenvalue weighted by molar-refractivity contribution is 9.11. The van der Waals surface area contributed by atoms with Gasteiger partial charge in [-0.3, -0.25) is 0 Å². The van der Waals surface area contributed by atoms with Crippen molar-refractivity contribution in [2.45, 2.75) is 0 Å². The lowest BCUT2D eigenvalue weighted by Gasteiger charge is -1.91. The van der Waals surface area contributed by atoms with Crippen molar-refractivity contribution in [2.75, 3.05) is 7.11 Å². The van der Waals surface area contributed by atoms with Crippen molar-refractivity contribution >= 4 is 27.3 Å². The van der Waals surface area contributed by atoms with E-state index in [4.69, 9.17) is 4.74 Å². The highest BCUT2D eigenvalue weighted by Crippen LogP contribution is 2.29. The maximum atomic E-state index is 4.95. The van der Waals surface area contributed by atoms with E-state index in [0.717, 1.165) is 9.54 Å². The van der Waals surface area contributed by atoms with E-state index in [1.54, 1.807) is 18.4 Å². The minimum absolute atomic E-state index is 0.912. The molecule has 0 N–H and O–H groups in total. The van der Waals surface area contributed by atoms with E-state index in [0.29, 0.717) is 0 Å². The lowest BCUT2D eigenvalue weighted by molar-refractivity contribution is 0.414. The molecule has 0 fully saturated rings. The Morgan fingerprint density at radius 3 is 2.75 bits per heavy atom. The molecule has 0 aliphatic heterocycles. The summed E-state index contributed by atoms with van der Waals surface area (Å²) in [6, 6.07) is 1.93. The molecule has 0 atom stereocenters. The maximum Gasteiger partial charge on any atom is 0.143 e. The molecule has 0 aliphatic rings. The molecule has 1 nitrogen and oxygen atoms in total. The van der Waals surface area contributed by atoms with Crippen molar-refractivity contribution in [2.24, 2.45) is 0 Å². The molecule has 1 aromatic rings. The highest BCUT2D eigenvalue weighted by Gasteiger charge is 1.96. The Labute approximate surface area is 60.4 Å². The van der Waals surface area contributed by atoms with Crippen LogP contribution in [0.2, 0.25) is 0 Å². The Morgan fingerprint density at radius 2 is 2.50 bits per heavy atom. The van der Waals surface area contributed by atoms with E-state index in [1.165, 1.54) is 0 Å². The number of methoxy groups -OCH3 is 1. The summed E-state index contributed by atoms with van der Waals surface area (Å²) in [5.74, 6) is 0.912. The normalized spacial score (nSPS) is 9.25. The zero-order valence-corrected chi connectivity index (χ0v) is 6.75. The molecular weight excluding hydrogens is 188 g/mol. The van der Waals surface area contributed by atoms with E-state index < -0.39 is 0 Å². The van der Waals surface area contributed by atoms with Gasteiger partial charge in [-0.25, -0.2) is 0 Å². The van der Waals surface area contributed by atoms with Crippen molar-refractivity contribution < 1.29 is 4.74 Å². The van der Waals surface area contributed by atoms with E-state index >= 15 is 0 Å². The fourth-order valence-corrected chi connectivity index (χ4v) is 1.62. The Bertz CT molecular complexity index is 173. The van der Waals surface area contributed by atoms with Crippen LogP contribution in [0.4, 0.5) is 0 Å². The van der Waals surface area contributed by atoms with Crippen LogP contribution < -0.4 is 4.74 Å². The summed E-state index contributed by atoms with van der Waals surface area (Å²) < 4.78 is 6.00. The Kier molecular flexibility index (Phi) is 1.91. The van der Waals surface area contributed by atoms with E-state index in [2.05, 4.69) is 15.9 Å². The average Bonchev–Trinajstić information content (AvgIpc) is 2.14. The highest BCUT2D eigenvalue weighted by atomic mass is 79.9. The lowest BCUT2D eigenvalue weighted by atomic mass is 10.6. The summed E-state index contributed by atoms with van der Waals surface area (Å²) >= 11 is 4.94. The third-order valence-electron chi connectivity index (χ3n) is 0.805. The first-order chi connectivity index (χ1) is 3.84. The van der Waals surface area contributed by atoms with Crippen LogP contribution in [0.3, 0.4) is 0 Å². The molecule has 8 heavy (non-hydrogen) atoms. The van der Waals surface area contributed by atoms with Crippen molar-refractivity contribution in [1.82, 2.24) is 0 Å². The number of hydrogen-bond donors (Lipinski definition) is 0. The molecule has 0 bridgehead atoms. The van der Waals surface area contributed by atoms with Crippen molar-refractivity contribution in [3.05, 3.63) is 15.2 Å². The molecule has 44 valence electrons. The molecule has 3 heteroatoms. The molecule has 0 amide bonds. The van der Waals surface area contributed by atoms with Gasteiger partial charge in [-0.05, 0) is 27.4 Å². The van der Waals surface area contributed by atoms with Crippen LogP contribution in [0.5, 0.6) is 5.75 Å². The van der Waals surface area contributed by atoms with Gasteiger partial charge in [-0.1, -0.05) is 0 Å². The summed E-state index contributed by atoms with van der Waals surface area (Å²) in [5.41, 5.74) is 0. The molecule has 0 aliphatic carbocycles. The molecule has 0 saturated carbocycles. The van der Waals surface area contributed by atoms with Gasteiger partial charge in [0.2, 0.25) is 0 Å². The van der Waals surface area contributed by atoms with Crippen LogP contribution in [0.1, 0.15) is 0 Å². The van der Waals surface area contributed by atoms with Crippen LogP contribution in [-0.2, 0) is 0 Å². The van der Waals surface area contributed by atoms with Crippen molar-refractivity contribution in [3.63, 3.8) is 0 Å². The van der Waals surface area contributed by atoms with Gasteiger partial charge in [0.15, 0.2) is 0 Å². The van der Waals surface area contributed by atoms with Crippen LogP contribution in [0.15, 0.2) is 15.2 Å².